The zero-order chi connectivity index (χ0) is 20.1. The SMILES string of the molecule is CC(CCC[C@H]1CC[C@H]([C@H]2CC[C@H](c3ccc(F)cc3)CC2)CC1)C1CCCC1. The van der Waals surface area contributed by atoms with E-state index in [1.165, 1.54) is 102 Å². The second kappa shape index (κ2) is 10.5. The molecule has 3 aliphatic rings. The molecule has 1 atom stereocenters. The van der Waals surface area contributed by atoms with E-state index < -0.39 is 0 Å². The van der Waals surface area contributed by atoms with E-state index in [0.717, 1.165) is 29.6 Å². The van der Waals surface area contributed by atoms with Gasteiger partial charge in [-0.25, -0.2) is 4.39 Å². The largest absolute Gasteiger partial charge is 0.207 e. The van der Waals surface area contributed by atoms with Crippen LogP contribution in [-0.4, -0.2) is 0 Å². The Hall–Kier alpha value is -0.850. The maximum atomic E-state index is 13.2. The molecule has 3 saturated carbocycles. The quantitative estimate of drug-likeness (QED) is 0.430. The highest BCUT2D eigenvalue weighted by Gasteiger charge is 2.31. The first-order chi connectivity index (χ1) is 14.2. The molecule has 0 amide bonds. The summed E-state index contributed by atoms with van der Waals surface area (Å²) < 4.78 is 13.2. The van der Waals surface area contributed by atoms with Crippen molar-refractivity contribution >= 4 is 0 Å². The second-order valence-corrected chi connectivity index (χ2v) is 10.9. The van der Waals surface area contributed by atoms with Crippen LogP contribution in [-0.2, 0) is 0 Å². The Morgan fingerprint density at radius 2 is 1.38 bits per heavy atom. The monoisotopic (exact) mass is 398 g/mol. The Morgan fingerprint density at radius 3 is 2.00 bits per heavy atom. The first-order valence-electron chi connectivity index (χ1n) is 12.9. The van der Waals surface area contributed by atoms with Crippen molar-refractivity contribution in [2.75, 3.05) is 0 Å². The van der Waals surface area contributed by atoms with Gasteiger partial charge in [-0.2, -0.15) is 0 Å². The van der Waals surface area contributed by atoms with Gasteiger partial charge in [0.2, 0.25) is 0 Å². The average molecular weight is 399 g/mol. The van der Waals surface area contributed by atoms with Gasteiger partial charge in [0.15, 0.2) is 0 Å². The maximum Gasteiger partial charge on any atom is 0.123 e. The summed E-state index contributed by atoms with van der Waals surface area (Å²) in [5, 5.41) is 0. The van der Waals surface area contributed by atoms with Crippen molar-refractivity contribution in [1.29, 1.82) is 0 Å². The van der Waals surface area contributed by atoms with Gasteiger partial charge in [-0.3, -0.25) is 0 Å². The average Bonchev–Trinajstić information content (AvgIpc) is 3.30. The molecule has 1 unspecified atom stereocenters. The first kappa shape index (κ1) is 21.4. The Bertz CT molecular complexity index is 583. The molecule has 0 aliphatic heterocycles. The molecule has 3 fully saturated rings. The summed E-state index contributed by atoms with van der Waals surface area (Å²) in [6, 6.07) is 7.30. The minimum atomic E-state index is -0.104. The number of benzene rings is 1. The van der Waals surface area contributed by atoms with Crippen LogP contribution in [0.25, 0.3) is 0 Å². The summed E-state index contributed by atoms with van der Waals surface area (Å²) >= 11 is 0. The van der Waals surface area contributed by atoms with Gasteiger partial charge in [0.05, 0.1) is 0 Å². The lowest BCUT2D eigenvalue weighted by Gasteiger charge is -2.38. The van der Waals surface area contributed by atoms with E-state index in [1.807, 2.05) is 12.1 Å². The Labute approximate surface area is 179 Å². The molecule has 1 heteroatoms. The molecule has 0 radical (unpaired) electrons. The van der Waals surface area contributed by atoms with Crippen LogP contribution in [0.2, 0.25) is 0 Å². The van der Waals surface area contributed by atoms with Gasteiger partial charge >= 0.3 is 0 Å². The Balaban J connectivity index is 1.12. The summed E-state index contributed by atoms with van der Waals surface area (Å²) in [4.78, 5) is 0. The predicted octanol–water partition coefficient (Wildman–Crippen LogP) is 8.90. The standard InChI is InChI=1S/C28H43F/c1-21(23-7-2-3-8-23)5-4-6-22-9-11-24(12-10-22)25-13-15-26(16-14-25)27-17-19-28(29)20-18-27/h17-26H,2-16H2,1H3/t21?,22-,24-,25-,26-. The van der Waals surface area contributed by atoms with E-state index in [4.69, 9.17) is 0 Å². The highest BCUT2D eigenvalue weighted by molar-refractivity contribution is 5.21. The van der Waals surface area contributed by atoms with Gasteiger partial charge in [-0.1, -0.05) is 76.8 Å². The molecule has 0 saturated heterocycles. The van der Waals surface area contributed by atoms with Crippen LogP contribution in [0.4, 0.5) is 4.39 Å². The van der Waals surface area contributed by atoms with Crippen LogP contribution in [0.15, 0.2) is 24.3 Å². The molecular formula is C28H43F. The van der Waals surface area contributed by atoms with Crippen LogP contribution in [0, 0.1) is 35.4 Å². The molecular weight excluding hydrogens is 355 g/mol. The smallest absolute Gasteiger partial charge is 0.123 e. The zero-order valence-corrected chi connectivity index (χ0v) is 18.8. The molecule has 0 N–H and O–H groups in total. The minimum Gasteiger partial charge on any atom is -0.207 e. The molecule has 0 aromatic heterocycles. The molecule has 0 spiro atoms. The Morgan fingerprint density at radius 1 is 0.793 bits per heavy atom. The van der Waals surface area contributed by atoms with Crippen LogP contribution in [0.5, 0.6) is 0 Å². The third kappa shape index (κ3) is 5.86. The van der Waals surface area contributed by atoms with E-state index in [2.05, 4.69) is 6.92 Å². The predicted molar refractivity (Wildman–Crippen MR) is 122 cm³/mol. The fourth-order valence-electron chi connectivity index (χ4n) is 7.10. The Kier molecular flexibility index (Phi) is 7.71. The van der Waals surface area contributed by atoms with Crippen molar-refractivity contribution in [3.05, 3.63) is 35.6 Å². The van der Waals surface area contributed by atoms with Crippen molar-refractivity contribution in [2.45, 2.75) is 109 Å². The number of hydrogen-bond donors (Lipinski definition) is 0. The van der Waals surface area contributed by atoms with Gasteiger partial charge < -0.3 is 0 Å². The number of rotatable bonds is 7. The highest BCUT2D eigenvalue weighted by atomic mass is 19.1. The minimum absolute atomic E-state index is 0.104. The van der Waals surface area contributed by atoms with Crippen molar-refractivity contribution < 1.29 is 4.39 Å². The van der Waals surface area contributed by atoms with Crippen molar-refractivity contribution in [1.82, 2.24) is 0 Å². The van der Waals surface area contributed by atoms with Crippen LogP contribution < -0.4 is 0 Å². The van der Waals surface area contributed by atoms with E-state index in [0.29, 0.717) is 5.92 Å². The van der Waals surface area contributed by atoms with E-state index in [1.54, 1.807) is 12.1 Å². The number of hydrogen-bond acceptors (Lipinski definition) is 0. The van der Waals surface area contributed by atoms with Gasteiger partial charge in [0.1, 0.15) is 5.82 Å². The summed E-state index contributed by atoms with van der Waals surface area (Å²) in [6.07, 6.45) is 21.9. The molecule has 1 aromatic carbocycles. The molecule has 3 aliphatic carbocycles. The van der Waals surface area contributed by atoms with Gasteiger partial charge in [-0.05, 0) is 91.7 Å². The van der Waals surface area contributed by atoms with E-state index in [9.17, 15) is 4.39 Å². The fourth-order valence-corrected chi connectivity index (χ4v) is 7.10. The van der Waals surface area contributed by atoms with Gasteiger partial charge in [0.25, 0.3) is 0 Å². The van der Waals surface area contributed by atoms with Crippen molar-refractivity contribution in [3.8, 4) is 0 Å². The number of halogens is 1. The zero-order valence-electron chi connectivity index (χ0n) is 18.8. The first-order valence-corrected chi connectivity index (χ1v) is 12.9. The van der Waals surface area contributed by atoms with Gasteiger partial charge in [0, 0.05) is 0 Å². The maximum absolute atomic E-state index is 13.2. The lowest BCUT2D eigenvalue weighted by molar-refractivity contribution is 0.154. The van der Waals surface area contributed by atoms with Crippen LogP contribution in [0.1, 0.15) is 115 Å². The molecule has 0 nitrogen and oxygen atoms in total. The lowest BCUT2D eigenvalue weighted by atomic mass is 9.68. The third-order valence-corrected chi connectivity index (χ3v) is 9.15. The van der Waals surface area contributed by atoms with Crippen LogP contribution in [0.3, 0.4) is 0 Å². The molecule has 4 rings (SSSR count). The van der Waals surface area contributed by atoms with Crippen molar-refractivity contribution in [2.24, 2.45) is 29.6 Å². The fraction of sp³-hybridized carbons (Fsp3) is 0.786. The summed E-state index contributed by atoms with van der Waals surface area (Å²) in [5.74, 6) is 5.59. The molecule has 1 aromatic rings. The summed E-state index contributed by atoms with van der Waals surface area (Å²) in [7, 11) is 0. The third-order valence-electron chi connectivity index (χ3n) is 9.15. The topological polar surface area (TPSA) is 0 Å². The van der Waals surface area contributed by atoms with Crippen LogP contribution >= 0.6 is 0 Å². The highest BCUT2D eigenvalue weighted by Crippen LogP contribution is 2.44. The van der Waals surface area contributed by atoms with Crippen molar-refractivity contribution in [3.63, 3.8) is 0 Å². The van der Waals surface area contributed by atoms with E-state index in [-0.39, 0.29) is 5.82 Å². The van der Waals surface area contributed by atoms with Gasteiger partial charge in [-0.15, -0.1) is 0 Å². The lowest BCUT2D eigenvalue weighted by Crippen LogP contribution is -2.25. The normalized spacial score (nSPS) is 32.3. The second-order valence-electron chi connectivity index (χ2n) is 10.9. The molecule has 0 bridgehead atoms. The van der Waals surface area contributed by atoms with E-state index >= 15 is 0 Å². The summed E-state index contributed by atoms with van der Waals surface area (Å²) in [6.45, 7) is 2.52. The molecule has 29 heavy (non-hydrogen) atoms. The molecule has 0 heterocycles. The molecule has 162 valence electrons. The summed E-state index contributed by atoms with van der Waals surface area (Å²) in [5.41, 5.74) is 1.36.